The van der Waals surface area contributed by atoms with Crippen molar-refractivity contribution in [3.8, 4) is 28.5 Å². The molecule has 0 spiro atoms. The lowest BCUT2D eigenvalue weighted by Gasteiger charge is -2.32. The highest BCUT2D eigenvalue weighted by molar-refractivity contribution is 5.93. The Morgan fingerprint density at radius 3 is 2.69 bits per heavy atom. The van der Waals surface area contributed by atoms with Crippen LogP contribution in [0.5, 0.6) is 17.2 Å². The quantitative estimate of drug-likeness (QED) is 0.657. The number of carbonyl (C=O) groups is 1. The van der Waals surface area contributed by atoms with Gasteiger partial charge < -0.3 is 24.4 Å². The van der Waals surface area contributed by atoms with Gasteiger partial charge in [0.1, 0.15) is 5.75 Å². The van der Waals surface area contributed by atoms with Crippen molar-refractivity contribution in [3.63, 3.8) is 0 Å². The van der Waals surface area contributed by atoms with Gasteiger partial charge in [0.15, 0.2) is 17.3 Å². The van der Waals surface area contributed by atoms with Crippen LogP contribution in [0.4, 0.5) is 11.5 Å². The van der Waals surface area contributed by atoms with Gasteiger partial charge in [0.2, 0.25) is 12.7 Å². The van der Waals surface area contributed by atoms with E-state index in [1.54, 1.807) is 13.2 Å². The van der Waals surface area contributed by atoms with Crippen LogP contribution in [-0.2, 0) is 4.79 Å². The van der Waals surface area contributed by atoms with E-state index in [0.29, 0.717) is 23.7 Å². The van der Waals surface area contributed by atoms with E-state index in [1.807, 2.05) is 48.5 Å². The van der Waals surface area contributed by atoms with Crippen molar-refractivity contribution in [2.75, 3.05) is 37.2 Å². The van der Waals surface area contributed by atoms with Gasteiger partial charge in [-0.1, -0.05) is 0 Å². The smallest absolute Gasteiger partial charge is 0.231 e. The van der Waals surface area contributed by atoms with E-state index in [9.17, 15) is 4.79 Å². The first-order valence-corrected chi connectivity index (χ1v) is 10.6. The summed E-state index contributed by atoms with van der Waals surface area (Å²) in [4.78, 5) is 15.0. The van der Waals surface area contributed by atoms with Gasteiger partial charge in [-0.15, -0.1) is 10.2 Å². The molecule has 2 aromatic carbocycles. The molecule has 1 saturated heterocycles. The number of nitrogens with zero attached hydrogens (tertiary/aromatic N) is 3. The van der Waals surface area contributed by atoms with Crippen LogP contribution in [0.1, 0.15) is 12.8 Å². The lowest BCUT2D eigenvalue weighted by molar-refractivity contribution is -0.120. The van der Waals surface area contributed by atoms with Gasteiger partial charge in [-0.25, -0.2) is 0 Å². The van der Waals surface area contributed by atoms with E-state index in [-0.39, 0.29) is 18.6 Å². The molecular formula is C24H24N4O4. The molecule has 2 aliphatic heterocycles. The largest absolute Gasteiger partial charge is 0.497 e. The minimum absolute atomic E-state index is 0.00335. The van der Waals surface area contributed by atoms with Gasteiger partial charge in [0.25, 0.3) is 0 Å². The van der Waals surface area contributed by atoms with E-state index in [4.69, 9.17) is 14.2 Å². The first-order valence-electron chi connectivity index (χ1n) is 10.6. The normalized spacial score (nSPS) is 17.2. The van der Waals surface area contributed by atoms with Crippen LogP contribution in [0.15, 0.2) is 54.6 Å². The van der Waals surface area contributed by atoms with Crippen LogP contribution < -0.4 is 24.4 Å². The number of aromatic nitrogens is 2. The molecule has 0 radical (unpaired) electrons. The van der Waals surface area contributed by atoms with E-state index in [0.717, 1.165) is 42.2 Å². The molecule has 2 aliphatic rings. The zero-order chi connectivity index (χ0) is 21.9. The van der Waals surface area contributed by atoms with Crippen molar-refractivity contribution in [1.29, 1.82) is 0 Å². The maximum absolute atomic E-state index is 12.9. The van der Waals surface area contributed by atoms with E-state index < -0.39 is 0 Å². The average molecular weight is 432 g/mol. The van der Waals surface area contributed by atoms with Gasteiger partial charge in [-0.2, -0.15) is 0 Å². The first-order chi connectivity index (χ1) is 15.7. The van der Waals surface area contributed by atoms with Gasteiger partial charge in [0, 0.05) is 30.4 Å². The number of methoxy groups -OCH3 is 1. The molecule has 0 saturated carbocycles. The summed E-state index contributed by atoms with van der Waals surface area (Å²) < 4.78 is 15.9. The number of ether oxygens (including phenoxy) is 3. The highest BCUT2D eigenvalue weighted by atomic mass is 16.7. The number of amides is 1. The summed E-state index contributed by atoms with van der Waals surface area (Å²) >= 11 is 0. The maximum Gasteiger partial charge on any atom is 0.231 e. The van der Waals surface area contributed by atoms with E-state index >= 15 is 0 Å². The lowest BCUT2D eigenvalue weighted by Crippen LogP contribution is -2.41. The molecule has 3 aromatic rings. The summed E-state index contributed by atoms with van der Waals surface area (Å²) in [6.07, 6.45) is 1.76. The number of rotatable bonds is 5. The monoisotopic (exact) mass is 432 g/mol. The predicted molar refractivity (Wildman–Crippen MR) is 120 cm³/mol. The maximum atomic E-state index is 12.9. The minimum Gasteiger partial charge on any atom is -0.497 e. The number of anilines is 2. The Morgan fingerprint density at radius 2 is 1.91 bits per heavy atom. The van der Waals surface area contributed by atoms with Crippen molar-refractivity contribution in [2.24, 2.45) is 5.92 Å². The summed E-state index contributed by atoms with van der Waals surface area (Å²) in [5.74, 6) is 2.80. The molecule has 8 nitrogen and oxygen atoms in total. The highest BCUT2D eigenvalue weighted by Gasteiger charge is 2.27. The van der Waals surface area contributed by atoms with E-state index in [1.165, 1.54) is 0 Å². The lowest BCUT2D eigenvalue weighted by atomic mass is 9.97. The van der Waals surface area contributed by atoms with Crippen LogP contribution >= 0.6 is 0 Å². The van der Waals surface area contributed by atoms with Crippen LogP contribution in [0, 0.1) is 5.92 Å². The first kappa shape index (κ1) is 20.1. The Bertz CT molecular complexity index is 1100. The molecule has 5 rings (SSSR count). The molecule has 0 unspecified atom stereocenters. The van der Waals surface area contributed by atoms with Crippen LogP contribution in [0.25, 0.3) is 11.3 Å². The van der Waals surface area contributed by atoms with Crippen molar-refractivity contribution < 1.29 is 19.0 Å². The number of benzene rings is 2. The standard InChI is InChI=1S/C24H24N4O4/c1-30-19-7-4-16(5-8-19)20-9-11-23(27-26-20)28-12-2-3-17(14-28)24(29)25-18-6-10-21-22(13-18)32-15-31-21/h4-11,13,17H,2-3,12,14-15H2,1H3,(H,25,29)/t17-/m0/s1. The van der Waals surface area contributed by atoms with Crippen molar-refractivity contribution in [3.05, 3.63) is 54.6 Å². The summed E-state index contributed by atoms with van der Waals surface area (Å²) in [5, 5.41) is 11.8. The third-order valence-electron chi connectivity index (χ3n) is 5.79. The Labute approximate surface area is 186 Å². The van der Waals surface area contributed by atoms with Crippen molar-refractivity contribution >= 4 is 17.4 Å². The molecule has 3 heterocycles. The fourth-order valence-corrected chi connectivity index (χ4v) is 4.03. The van der Waals surface area contributed by atoms with Gasteiger partial charge in [0.05, 0.1) is 18.7 Å². The van der Waals surface area contributed by atoms with Gasteiger partial charge >= 0.3 is 0 Å². The Balaban J connectivity index is 1.23. The molecule has 1 N–H and O–H groups in total. The average Bonchev–Trinajstić information content (AvgIpc) is 3.32. The van der Waals surface area contributed by atoms with Gasteiger partial charge in [-0.05, 0) is 61.4 Å². The Morgan fingerprint density at radius 1 is 1.06 bits per heavy atom. The number of fused-ring (bicyclic) bond motifs is 1. The molecule has 1 amide bonds. The number of carbonyl (C=O) groups excluding carboxylic acids is 1. The highest BCUT2D eigenvalue weighted by Crippen LogP contribution is 2.34. The minimum atomic E-state index is -0.128. The topological polar surface area (TPSA) is 85.8 Å². The van der Waals surface area contributed by atoms with Crippen molar-refractivity contribution in [1.82, 2.24) is 10.2 Å². The third kappa shape index (κ3) is 4.16. The zero-order valence-corrected chi connectivity index (χ0v) is 17.8. The molecule has 0 bridgehead atoms. The fourth-order valence-electron chi connectivity index (χ4n) is 4.03. The second kappa shape index (κ2) is 8.74. The molecule has 8 heteroatoms. The number of hydrogen-bond donors (Lipinski definition) is 1. The van der Waals surface area contributed by atoms with Gasteiger partial charge in [-0.3, -0.25) is 4.79 Å². The Hall–Kier alpha value is -3.81. The predicted octanol–water partition coefficient (Wildman–Crippen LogP) is 3.74. The SMILES string of the molecule is COc1ccc(-c2ccc(N3CCC[C@H](C(=O)Nc4ccc5c(c4)OCO5)C3)nn2)cc1. The zero-order valence-electron chi connectivity index (χ0n) is 17.8. The van der Waals surface area contributed by atoms with Crippen molar-refractivity contribution in [2.45, 2.75) is 12.8 Å². The van der Waals surface area contributed by atoms with E-state index in [2.05, 4.69) is 20.4 Å². The number of nitrogens with one attached hydrogen (secondary N) is 1. The molecule has 32 heavy (non-hydrogen) atoms. The third-order valence-corrected chi connectivity index (χ3v) is 5.79. The van der Waals surface area contributed by atoms with Crippen LogP contribution in [0.3, 0.4) is 0 Å². The van der Waals surface area contributed by atoms with Crippen LogP contribution in [0.2, 0.25) is 0 Å². The van der Waals surface area contributed by atoms with Crippen LogP contribution in [-0.4, -0.2) is 43.1 Å². The Kier molecular flexibility index (Phi) is 5.49. The number of piperidine rings is 1. The molecular weight excluding hydrogens is 408 g/mol. The molecule has 0 aliphatic carbocycles. The number of hydrogen-bond acceptors (Lipinski definition) is 7. The molecule has 1 atom stereocenters. The summed E-state index contributed by atoms with van der Waals surface area (Å²) in [5.41, 5.74) is 2.48. The molecule has 1 aromatic heterocycles. The second-order valence-electron chi connectivity index (χ2n) is 7.85. The molecule has 164 valence electrons. The summed E-state index contributed by atoms with van der Waals surface area (Å²) in [6, 6.07) is 17.1. The second-order valence-corrected chi connectivity index (χ2v) is 7.85. The molecule has 1 fully saturated rings. The summed E-state index contributed by atoms with van der Waals surface area (Å²) in [7, 11) is 1.64. The fraction of sp³-hybridized carbons (Fsp3) is 0.292. The summed E-state index contributed by atoms with van der Waals surface area (Å²) in [6.45, 7) is 1.67.